The number of halogens is 1. The van der Waals surface area contributed by atoms with Crippen molar-refractivity contribution in [2.24, 2.45) is 0 Å². The average Bonchev–Trinajstić information content (AvgIpc) is 3.60. The molecule has 6 rings (SSSR count). The van der Waals surface area contributed by atoms with Crippen LogP contribution in [0.25, 0.3) is 16.9 Å². The predicted molar refractivity (Wildman–Crippen MR) is 130 cm³/mol. The third kappa shape index (κ3) is 3.82. The topological polar surface area (TPSA) is 92.6 Å². The van der Waals surface area contributed by atoms with Crippen molar-refractivity contribution in [3.63, 3.8) is 0 Å². The highest BCUT2D eigenvalue weighted by Crippen LogP contribution is 2.36. The van der Waals surface area contributed by atoms with Gasteiger partial charge in [-0.1, -0.05) is 12.1 Å². The molecule has 2 aliphatic heterocycles. The van der Waals surface area contributed by atoms with E-state index in [0.717, 1.165) is 42.1 Å². The molecular weight excluding hydrogens is 447 g/mol. The van der Waals surface area contributed by atoms with Gasteiger partial charge in [0.05, 0.1) is 35.4 Å². The Labute approximate surface area is 201 Å². The molecule has 1 atom stereocenters. The van der Waals surface area contributed by atoms with E-state index in [1.165, 1.54) is 17.7 Å². The van der Waals surface area contributed by atoms with Gasteiger partial charge in [0, 0.05) is 43.4 Å². The zero-order chi connectivity index (χ0) is 23.9. The maximum absolute atomic E-state index is 13.6. The second-order valence-electron chi connectivity index (χ2n) is 8.86. The molecule has 0 saturated carbocycles. The maximum atomic E-state index is 13.6. The van der Waals surface area contributed by atoms with Crippen LogP contribution in [0.2, 0.25) is 0 Å². The van der Waals surface area contributed by atoms with E-state index in [0.29, 0.717) is 41.7 Å². The van der Waals surface area contributed by atoms with E-state index < -0.39 is 0 Å². The van der Waals surface area contributed by atoms with Gasteiger partial charge in [0.15, 0.2) is 0 Å². The zero-order valence-corrected chi connectivity index (χ0v) is 19.3. The van der Waals surface area contributed by atoms with Gasteiger partial charge in [0.1, 0.15) is 17.3 Å². The quantitative estimate of drug-likeness (QED) is 0.396. The first-order valence-electron chi connectivity index (χ1n) is 11.7. The third-order valence-corrected chi connectivity index (χ3v) is 6.70. The first kappa shape index (κ1) is 21.7. The summed E-state index contributed by atoms with van der Waals surface area (Å²) in [6.07, 6.45) is 4.35. The lowest BCUT2D eigenvalue weighted by Gasteiger charge is -2.17. The first-order chi connectivity index (χ1) is 17.1. The number of hydrogen-bond donors (Lipinski definition) is 3. The fourth-order valence-corrected chi connectivity index (χ4v) is 5.03. The van der Waals surface area contributed by atoms with Crippen molar-refractivity contribution in [1.82, 2.24) is 25.0 Å². The van der Waals surface area contributed by atoms with Crippen LogP contribution in [0.3, 0.4) is 0 Å². The summed E-state index contributed by atoms with van der Waals surface area (Å²) in [6, 6.07) is 10.7. The molecule has 0 radical (unpaired) electrons. The van der Waals surface area contributed by atoms with Gasteiger partial charge < -0.3 is 20.7 Å². The largest absolute Gasteiger partial charge is 0.381 e. The van der Waals surface area contributed by atoms with E-state index in [4.69, 9.17) is 9.72 Å². The summed E-state index contributed by atoms with van der Waals surface area (Å²) in [5.41, 5.74) is 6.53. The fourth-order valence-electron chi connectivity index (χ4n) is 5.03. The van der Waals surface area contributed by atoms with E-state index >= 15 is 0 Å². The van der Waals surface area contributed by atoms with Crippen LogP contribution in [0.15, 0.2) is 48.8 Å². The van der Waals surface area contributed by atoms with Crippen molar-refractivity contribution >= 4 is 23.1 Å². The number of imidazole rings is 1. The molecule has 1 unspecified atom stereocenters. The van der Waals surface area contributed by atoms with Gasteiger partial charge in [-0.05, 0) is 42.8 Å². The molecule has 1 fully saturated rings. The summed E-state index contributed by atoms with van der Waals surface area (Å²) >= 11 is 0. The predicted octanol–water partition coefficient (Wildman–Crippen LogP) is 3.75. The van der Waals surface area contributed by atoms with Crippen molar-refractivity contribution in [3.8, 4) is 11.3 Å². The van der Waals surface area contributed by atoms with Crippen LogP contribution in [-0.2, 0) is 17.8 Å². The molecule has 3 aromatic heterocycles. The van der Waals surface area contributed by atoms with E-state index in [1.807, 2.05) is 29.6 Å². The van der Waals surface area contributed by atoms with Crippen LogP contribution in [0.4, 0.5) is 15.9 Å². The Morgan fingerprint density at radius 2 is 2.17 bits per heavy atom. The van der Waals surface area contributed by atoms with E-state index in [1.54, 1.807) is 12.4 Å². The molecule has 1 amide bonds. The Bertz CT molecular complexity index is 1440. The SMILES string of the molecule is CNCc1nc(Nc2ccc(-c3cnc4cc(F)ccn34)c3c2C(=O)NC3)ccc1C1CCOC1. The summed E-state index contributed by atoms with van der Waals surface area (Å²) < 4.78 is 21.0. The third-order valence-electron chi connectivity index (χ3n) is 6.70. The number of carbonyl (C=O) groups is 1. The fraction of sp³-hybridized carbons (Fsp3) is 0.269. The number of carbonyl (C=O) groups excluding carboxylic acids is 1. The molecule has 0 bridgehead atoms. The van der Waals surface area contributed by atoms with Gasteiger partial charge in [0.2, 0.25) is 0 Å². The minimum atomic E-state index is -0.340. The van der Waals surface area contributed by atoms with Gasteiger partial charge in [-0.15, -0.1) is 0 Å². The lowest BCUT2D eigenvalue weighted by Crippen LogP contribution is -2.15. The summed E-state index contributed by atoms with van der Waals surface area (Å²) in [4.78, 5) is 22.0. The normalized spacial score (nSPS) is 17.1. The monoisotopic (exact) mass is 472 g/mol. The summed E-state index contributed by atoms with van der Waals surface area (Å²) in [7, 11) is 1.90. The van der Waals surface area contributed by atoms with E-state index in [9.17, 15) is 9.18 Å². The van der Waals surface area contributed by atoms with Gasteiger partial charge in [0.25, 0.3) is 5.91 Å². The Morgan fingerprint density at radius 1 is 1.26 bits per heavy atom. The molecule has 4 aromatic rings. The summed E-state index contributed by atoms with van der Waals surface area (Å²) in [5.74, 6) is 0.554. The number of anilines is 2. The maximum Gasteiger partial charge on any atom is 0.254 e. The van der Waals surface area contributed by atoms with Crippen molar-refractivity contribution in [1.29, 1.82) is 0 Å². The van der Waals surface area contributed by atoms with Crippen LogP contribution < -0.4 is 16.0 Å². The van der Waals surface area contributed by atoms with Crippen LogP contribution >= 0.6 is 0 Å². The Kier molecular flexibility index (Phi) is 5.43. The molecule has 35 heavy (non-hydrogen) atoms. The second kappa shape index (κ2) is 8.75. The number of aromatic nitrogens is 3. The Hall–Kier alpha value is -3.82. The molecule has 1 saturated heterocycles. The van der Waals surface area contributed by atoms with Crippen molar-refractivity contribution in [3.05, 3.63) is 77.0 Å². The van der Waals surface area contributed by atoms with Gasteiger partial charge in [-0.25, -0.2) is 14.4 Å². The number of pyridine rings is 2. The first-order valence-corrected chi connectivity index (χ1v) is 11.7. The molecule has 0 spiro atoms. The lowest BCUT2D eigenvalue weighted by atomic mass is 9.96. The van der Waals surface area contributed by atoms with Gasteiger partial charge >= 0.3 is 0 Å². The van der Waals surface area contributed by atoms with Crippen LogP contribution in [0.5, 0.6) is 0 Å². The molecule has 8 nitrogen and oxygen atoms in total. The van der Waals surface area contributed by atoms with Crippen LogP contribution in [0, 0.1) is 5.82 Å². The van der Waals surface area contributed by atoms with Crippen molar-refractivity contribution in [2.75, 3.05) is 25.6 Å². The van der Waals surface area contributed by atoms with E-state index in [-0.39, 0.29) is 11.7 Å². The highest BCUT2D eigenvalue weighted by molar-refractivity contribution is 6.06. The van der Waals surface area contributed by atoms with Crippen molar-refractivity contribution < 1.29 is 13.9 Å². The zero-order valence-electron chi connectivity index (χ0n) is 19.3. The van der Waals surface area contributed by atoms with Crippen LogP contribution in [-0.4, -0.2) is 40.5 Å². The number of benzene rings is 1. The minimum Gasteiger partial charge on any atom is -0.381 e. The molecule has 5 heterocycles. The second-order valence-corrected chi connectivity index (χ2v) is 8.86. The number of amides is 1. The number of rotatable bonds is 6. The summed E-state index contributed by atoms with van der Waals surface area (Å²) in [6.45, 7) is 2.55. The molecule has 9 heteroatoms. The summed E-state index contributed by atoms with van der Waals surface area (Å²) in [5, 5.41) is 9.50. The number of nitrogens with one attached hydrogen (secondary N) is 3. The molecule has 2 aliphatic rings. The lowest BCUT2D eigenvalue weighted by molar-refractivity contribution is 0.0966. The minimum absolute atomic E-state index is 0.139. The Morgan fingerprint density at radius 3 is 3.00 bits per heavy atom. The smallest absolute Gasteiger partial charge is 0.254 e. The molecule has 3 N–H and O–H groups in total. The molecule has 178 valence electrons. The molecular formula is C26H25FN6O2. The van der Waals surface area contributed by atoms with Crippen LogP contribution in [0.1, 0.15) is 39.5 Å². The highest BCUT2D eigenvalue weighted by atomic mass is 19.1. The van der Waals surface area contributed by atoms with Gasteiger partial charge in [-0.2, -0.15) is 0 Å². The number of fused-ring (bicyclic) bond motifs is 2. The van der Waals surface area contributed by atoms with Crippen molar-refractivity contribution in [2.45, 2.75) is 25.4 Å². The molecule has 1 aromatic carbocycles. The highest BCUT2D eigenvalue weighted by Gasteiger charge is 2.28. The standard InChI is InChI=1S/C26H25FN6O2/c1-28-12-21-17(15-7-9-35-14-15)3-5-23(32-21)31-20-4-2-18(19-11-30-26(34)25(19)20)22-13-29-24-10-16(27)6-8-33(22)24/h2-6,8,10,13,15,28H,7,9,11-12,14H2,1H3,(H,30,34)(H,31,32). The Balaban J connectivity index is 1.38. The number of hydrogen-bond acceptors (Lipinski definition) is 6. The molecule has 0 aliphatic carbocycles. The number of nitrogens with zero attached hydrogens (tertiary/aromatic N) is 3. The number of ether oxygens (including phenoxy) is 1. The average molecular weight is 473 g/mol. The van der Waals surface area contributed by atoms with E-state index in [2.05, 4.69) is 27.0 Å². The van der Waals surface area contributed by atoms with Gasteiger partial charge in [-0.3, -0.25) is 9.20 Å².